The molecule has 1 atom stereocenters. The van der Waals surface area contributed by atoms with Crippen molar-refractivity contribution < 1.29 is 19.4 Å². The predicted octanol–water partition coefficient (Wildman–Crippen LogP) is 5.28. The minimum atomic E-state index is -0.892. The fourth-order valence-corrected chi connectivity index (χ4v) is 4.35. The molecule has 1 fully saturated rings. The number of pyridine rings is 1. The molecule has 2 aromatic carbocycles. The van der Waals surface area contributed by atoms with Gasteiger partial charge in [0.05, 0.1) is 29.9 Å². The molecule has 0 aliphatic carbocycles. The zero-order valence-corrected chi connectivity index (χ0v) is 20.6. The molecular weight excluding hydrogens is 454 g/mol. The molecule has 4 rings (SSSR count). The molecule has 1 saturated heterocycles. The van der Waals surface area contributed by atoms with Gasteiger partial charge in [0.25, 0.3) is 11.7 Å². The van der Waals surface area contributed by atoms with Gasteiger partial charge >= 0.3 is 0 Å². The van der Waals surface area contributed by atoms with Gasteiger partial charge < -0.3 is 9.84 Å². The second-order valence-electron chi connectivity index (χ2n) is 9.51. The number of nitriles is 1. The zero-order chi connectivity index (χ0) is 26.0. The van der Waals surface area contributed by atoms with Crippen molar-refractivity contribution in [3.05, 3.63) is 94.8 Å². The lowest BCUT2D eigenvalue weighted by Gasteiger charge is -2.26. The number of benzene rings is 2. The first-order chi connectivity index (χ1) is 17.2. The third kappa shape index (κ3) is 4.46. The number of nitrogens with zero attached hydrogens (tertiary/aromatic N) is 3. The van der Waals surface area contributed by atoms with Crippen LogP contribution in [0.4, 0.5) is 5.69 Å². The summed E-state index contributed by atoms with van der Waals surface area (Å²) in [6.45, 7) is 8.50. The van der Waals surface area contributed by atoms with E-state index < -0.39 is 17.7 Å². The molecule has 1 N–H and O–H groups in total. The van der Waals surface area contributed by atoms with Crippen molar-refractivity contribution in [3.8, 4) is 11.8 Å². The van der Waals surface area contributed by atoms with Crippen LogP contribution in [0, 0.1) is 11.3 Å². The summed E-state index contributed by atoms with van der Waals surface area (Å²) in [4.78, 5) is 32.1. The first-order valence-electron chi connectivity index (χ1n) is 11.7. The Balaban J connectivity index is 1.92. The monoisotopic (exact) mass is 481 g/mol. The Morgan fingerprint density at radius 1 is 1.14 bits per heavy atom. The summed E-state index contributed by atoms with van der Waals surface area (Å²) >= 11 is 0. The van der Waals surface area contributed by atoms with E-state index in [1.165, 1.54) is 4.90 Å². The smallest absolute Gasteiger partial charge is 0.300 e. The third-order valence-electron chi connectivity index (χ3n) is 6.08. The van der Waals surface area contributed by atoms with Gasteiger partial charge in [-0.1, -0.05) is 26.8 Å². The highest BCUT2D eigenvalue weighted by molar-refractivity contribution is 6.51. The summed E-state index contributed by atoms with van der Waals surface area (Å²) in [5.41, 5.74) is 2.40. The van der Waals surface area contributed by atoms with Crippen LogP contribution in [0.2, 0.25) is 0 Å². The number of carbonyl (C=O) groups excluding carboxylic acids is 2. The first-order valence-corrected chi connectivity index (χ1v) is 11.7. The molecule has 0 bridgehead atoms. The van der Waals surface area contributed by atoms with E-state index in [-0.39, 0.29) is 16.7 Å². The molecule has 7 nitrogen and oxygen atoms in total. The van der Waals surface area contributed by atoms with Crippen molar-refractivity contribution in [1.82, 2.24) is 4.98 Å². The van der Waals surface area contributed by atoms with Crippen LogP contribution in [-0.2, 0) is 15.0 Å². The van der Waals surface area contributed by atoms with Crippen LogP contribution < -0.4 is 9.64 Å². The van der Waals surface area contributed by atoms with Crippen molar-refractivity contribution >= 4 is 23.1 Å². The fourth-order valence-electron chi connectivity index (χ4n) is 4.35. The van der Waals surface area contributed by atoms with E-state index in [1.807, 2.05) is 33.8 Å². The molecule has 1 aliphatic heterocycles. The number of carbonyl (C=O) groups is 2. The van der Waals surface area contributed by atoms with Crippen LogP contribution in [0.5, 0.6) is 5.75 Å². The second-order valence-corrected chi connectivity index (χ2v) is 9.51. The van der Waals surface area contributed by atoms with Gasteiger partial charge in [0, 0.05) is 29.2 Å². The maximum absolute atomic E-state index is 13.4. The quantitative estimate of drug-likeness (QED) is 0.302. The van der Waals surface area contributed by atoms with E-state index in [9.17, 15) is 14.7 Å². The number of Topliss-reactive ketones (excluding diaryl/α,β-unsaturated/α-hetero) is 1. The SMILES string of the molecule is CCOc1ccc(/C(O)=C2/C(=O)C(=O)N(c3ccc(C#N)cc3)C2c2cccnc2)cc1C(C)(C)C. The number of hydrogen-bond donors (Lipinski definition) is 1. The number of aliphatic hydroxyl groups excluding tert-OH is 1. The molecule has 182 valence electrons. The molecule has 1 amide bonds. The van der Waals surface area contributed by atoms with E-state index in [1.54, 1.807) is 67.0 Å². The Kier molecular flexibility index (Phi) is 6.63. The molecule has 7 heteroatoms. The summed E-state index contributed by atoms with van der Waals surface area (Å²) in [6, 6.07) is 16.3. The van der Waals surface area contributed by atoms with Gasteiger partial charge in [-0.2, -0.15) is 5.26 Å². The highest BCUT2D eigenvalue weighted by Gasteiger charge is 2.47. The van der Waals surface area contributed by atoms with Crippen LogP contribution in [0.1, 0.15) is 56.0 Å². The van der Waals surface area contributed by atoms with Crippen LogP contribution in [0.15, 0.2) is 72.6 Å². The number of ketones is 1. The standard InChI is InChI=1S/C29H27N3O4/c1-5-36-23-13-10-19(15-22(23)29(2,3)4)26(33)24-25(20-7-6-14-31-17-20)32(28(35)27(24)34)21-11-8-18(16-30)9-12-21/h6-15,17,25,33H,5H2,1-4H3/b26-24-. The van der Waals surface area contributed by atoms with Crippen molar-refractivity contribution in [2.45, 2.75) is 39.2 Å². The summed E-state index contributed by atoms with van der Waals surface area (Å²) in [5, 5.41) is 20.6. The molecule has 3 aromatic rings. The Morgan fingerprint density at radius 2 is 1.86 bits per heavy atom. The summed E-state index contributed by atoms with van der Waals surface area (Å²) < 4.78 is 5.79. The Morgan fingerprint density at radius 3 is 2.44 bits per heavy atom. The molecule has 0 saturated carbocycles. The highest BCUT2D eigenvalue weighted by Crippen LogP contribution is 2.43. The van der Waals surface area contributed by atoms with Gasteiger partial charge in [0.1, 0.15) is 11.5 Å². The lowest BCUT2D eigenvalue weighted by molar-refractivity contribution is -0.132. The molecule has 1 aromatic heterocycles. The average molecular weight is 482 g/mol. The van der Waals surface area contributed by atoms with Crippen molar-refractivity contribution in [1.29, 1.82) is 5.26 Å². The fraction of sp³-hybridized carbons (Fsp3) is 0.241. The first kappa shape index (κ1) is 24.7. The molecule has 1 unspecified atom stereocenters. The highest BCUT2D eigenvalue weighted by atomic mass is 16.5. The van der Waals surface area contributed by atoms with Crippen LogP contribution in [-0.4, -0.2) is 28.4 Å². The Labute approximate surface area is 210 Å². The van der Waals surface area contributed by atoms with Gasteiger partial charge in [-0.15, -0.1) is 0 Å². The lowest BCUT2D eigenvalue weighted by atomic mass is 9.84. The van der Waals surface area contributed by atoms with E-state index in [0.717, 1.165) is 5.56 Å². The molecule has 2 heterocycles. The van der Waals surface area contributed by atoms with Crippen molar-refractivity contribution in [3.63, 3.8) is 0 Å². The molecule has 0 spiro atoms. The van der Waals surface area contributed by atoms with Crippen molar-refractivity contribution in [2.75, 3.05) is 11.5 Å². The average Bonchev–Trinajstić information content (AvgIpc) is 3.14. The summed E-state index contributed by atoms with van der Waals surface area (Å²) in [7, 11) is 0. The lowest BCUT2D eigenvalue weighted by Crippen LogP contribution is -2.29. The number of ether oxygens (including phenoxy) is 1. The number of hydrogen-bond acceptors (Lipinski definition) is 6. The molecule has 1 aliphatic rings. The molecule has 0 radical (unpaired) electrons. The number of rotatable bonds is 5. The minimum absolute atomic E-state index is 0.0265. The number of anilines is 1. The Hall–Kier alpha value is -4.44. The molecule has 36 heavy (non-hydrogen) atoms. The van der Waals surface area contributed by atoms with Crippen LogP contribution in [0.3, 0.4) is 0 Å². The zero-order valence-electron chi connectivity index (χ0n) is 20.6. The number of aliphatic hydroxyl groups is 1. The third-order valence-corrected chi connectivity index (χ3v) is 6.08. The summed E-state index contributed by atoms with van der Waals surface area (Å²) in [5.74, 6) is -1.13. The van der Waals surface area contributed by atoms with Crippen LogP contribution >= 0.6 is 0 Å². The van der Waals surface area contributed by atoms with Gasteiger partial charge in [-0.3, -0.25) is 19.5 Å². The van der Waals surface area contributed by atoms with E-state index >= 15 is 0 Å². The van der Waals surface area contributed by atoms with Gasteiger partial charge in [-0.05, 0) is 66.4 Å². The van der Waals surface area contributed by atoms with Crippen LogP contribution in [0.25, 0.3) is 5.76 Å². The summed E-state index contributed by atoms with van der Waals surface area (Å²) in [6.07, 6.45) is 3.17. The maximum atomic E-state index is 13.4. The van der Waals surface area contributed by atoms with Gasteiger partial charge in [0.15, 0.2) is 0 Å². The normalized spacial score (nSPS) is 17.2. The topological polar surface area (TPSA) is 104 Å². The predicted molar refractivity (Wildman–Crippen MR) is 136 cm³/mol. The minimum Gasteiger partial charge on any atom is -0.507 e. The van der Waals surface area contributed by atoms with E-state index in [4.69, 9.17) is 10.00 Å². The van der Waals surface area contributed by atoms with Crippen molar-refractivity contribution in [2.24, 2.45) is 0 Å². The van der Waals surface area contributed by atoms with E-state index in [0.29, 0.717) is 34.7 Å². The largest absolute Gasteiger partial charge is 0.507 e. The molecular formula is C29H27N3O4. The Bertz CT molecular complexity index is 1380. The second kappa shape index (κ2) is 9.67. The van der Waals surface area contributed by atoms with Gasteiger partial charge in [-0.25, -0.2) is 0 Å². The number of aromatic nitrogens is 1. The number of amides is 1. The maximum Gasteiger partial charge on any atom is 0.300 e. The van der Waals surface area contributed by atoms with E-state index in [2.05, 4.69) is 4.98 Å². The van der Waals surface area contributed by atoms with Gasteiger partial charge in [0.2, 0.25) is 0 Å².